The van der Waals surface area contributed by atoms with E-state index in [0.29, 0.717) is 12.5 Å². The van der Waals surface area contributed by atoms with Gasteiger partial charge in [0.2, 0.25) is 0 Å². The zero-order valence-corrected chi connectivity index (χ0v) is 19.2. The maximum absolute atomic E-state index is 13.3. The summed E-state index contributed by atoms with van der Waals surface area (Å²) in [4.78, 5) is 16.6. The number of aliphatic hydroxyl groups excluding tert-OH is 2. The second kappa shape index (κ2) is 10.3. The van der Waals surface area contributed by atoms with E-state index in [1.165, 1.54) is 12.1 Å². The van der Waals surface area contributed by atoms with Crippen molar-refractivity contribution < 1.29 is 19.4 Å². The van der Waals surface area contributed by atoms with Crippen LogP contribution in [0.2, 0.25) is 0 Å². The van der Waals surface area contributed by atoms with E-state index >= 15 is 0 Å². The number of likely N-dealkylation sites (tertiary alicyclic amines) is 1. The number of aliphatic hydroxyl groups is 2. The van der Waals surface area contributed by atoms with Gasteiger partial charge in [0, 0.05) is 36.3 Å². The lowest BCUT2D eigenvalue weighted by Gasteiger charge is -2.34. The fourth-order valence-electron chi connectivity index (χ4n) is 3.87. The number of thiocarbonyl (C=S) groups is 1. The third kappa shape index (κ3) is 5.77. The van der Waals surface area contributed by atoms with Gasteiger partial charge >= 0.3 is 0 Å². The highest BCUT2D eigenvalue weighted by molar-refractivity contribution is 14.1. The molecule has 3 N–H and O–H groups in total. The van der Waals surface area contributed by atoms with E-state index < -0.39 is 18.1 Å². The highest BCUT2D eigenvalue weighted by Gasteiger charge is 2.32. The molecule has 1 aromatic rings. The number of anilines is 1. The van der Waals surface area contributed by atoms with Crippen molar-refractivity contribution in [2.75, 3.05) is 37.6 Å². The molecule has 29 heavy (non-hydrogen) atoms. The average molecular weight is 535 g/mol. The number of carbonyl (C=O) groups excluding carboxylic acids is 1. The molecule has 0 unspecified atom stereocenters. The van der Waals surface area contributed by atoms with Crippen LogP contribution in [0, 0.1) is 15.3 Å². The van der Waals surface area contributed by atoms with Crippen molar-refractivity contribution in [2.45, 2.75) is 37.9 Å². The Bertz CT molecular complexity index is 740. The molecular weight excluding hydrogens is 508 g/mol. The monoisotopic (exact) mass is 535 g/mol. The number of halogens is 2. The number of piperidine rings is 1. The van der Waals surface area contributed by atoms with E-state index in [9.17, 15) is 19.4 Å². The Labute approximate surface area is 189 Å². The fraction of sp³-hybridized carbons (Fsp3) is 0.600. The Hall–Kier alpha value is -1.04. The molecule has 0 radical (unpaired) electrons. The van der Waals surface area contributed by atoms with Crippen LogP contribution in [0.1, 0.15) is 25.7 Å². The van der Waals surface area contributed by atoms with Crippen molar-refractivity contribution in [3.63, 3.8) is 0 Å². The first-order chi connectivity index (χ1) is 13.9. The number of carbonyl (C=O) groups is 1. The molecule has 0 bridgehead atoms. The average Bonchev–Trinajstić information content (AvgIpc) is 3.26. The summed E-state index contributed by atoms with van der Waals surface area (Å²) in [6.45, 7) is 3.62. The van der Waals surface area contributed by atoms with Crippen LogP contribution in [-0.4, -0.2) is 70.9 Å². The molecule has 9 heteroatoms. The Morgan fingerprint density at radius 1 is 1.21 bits per heavy atom. The van der Waals surface area contributed by atoms with Gasteiger partial charge in [0.15, 0.2) is 6.10 Å². The fourth-order valence-corrected chi connectivity index (χ4v) is 5.00. The minimum Gasteiger partial charge on any atom is -0.383 e. The van der Waals surface area contributed by atoms with Crippen LogP contribution in [0.4, 0.5) is 10.1 Å². The summed E-state index contributed by atoms with van der Waals surface area (Å²) in [7, 11) is 0. The van der Waals surface area contributed by atoms with Crippen LogP contribution in [-0.2, 0) is 4.79 Å². The van der Waals surface area contributed by atoms with Crippen LogP contribution < -0.4 is 10.2 Å². The number of hydrogen-bond donors (Lipinski definition) is 3. The summed E-state index contributed by atoms with van der Waals surface area (Å²) in [6.07, 6.45) is 0.877. The number of hydrogen-bond acceptors (Lipinski definition) is 5. The quantitative estimate of drug-likeness (QED) is 0.382. The summed E-state index contributed by atoms with van der Waals surface area (Å²) >= 11 is 7.37. The second-order valence-electron chi connectivity index (χ2n) is 7.69. The Kier molecular flexibility index (Phi) is 8.06. The second-order valence-corrected chi connectivity index (χ2v) is 9.27. The first-order valence-corrected chi connectivity index (χ1v) is 11.5. The van der Waals surface area contributed by atoms with E-state index in [2.05, 4.69) is 32.8 Å². The molecule has 2 atom stereocenters. The number of rotatable bonds is 6. The van der Waals surface area contributed by atoms with Gasteiger partial charge in [0.1, 0.15) is 16.9 Å². The maximum atomic E-state index is 13.3. The highest BCUT2D eigenvalue weighted by Crippen LogP contribution is 2.28. The molecule has 160 valence electrons. The Balaban J connectivity index is 1.43. The van der Waals surface area contributed by atoms with Crippen molar-refractivity contribution in [2.24, 2.45) is 5.92 Å². The molecule has 0 spiro atoms. The molecule has 1 aromatic carbocycles. The van der Waals surface area contributed by atoms with Crippen molar-refractivity contribution >= 4 is 51.4 Å². The largest absolute Gasteiger partial charge is 0.383 e. The normalized spacial score (nSPS) is 19.9. The highest BCUT2D eigenvalue weighted by atomic mass is 127. The minimum absolute atomic E-state index is 0.235. The van der Waals surface area contributed by atoms with Gasteiger partial charge in [-0.05, 0) is 72.4 Å². The zero-order valence-electron chi connectivity index (χ0n) is 16.2. The van der Waals surface area contributed by atoms with E-state index in [4.69, 9.17) is 12.2 Å². The zero-order chi connectivity index (χ0) is 21.0. The summed E-state index contributed by atoms with van der Waals surface area (Å²) in [5.41, 5.74) is 1.03. The minimum atomic E-state index is -1.55. The van der Waals surface area contributed by atoms with Gasteiger partial charge in [-0.3, -0.25) is 4.79 Å². The predicted octanol–water partition coefficient (Wildman–Crippen LogP) is 1.91. The molecule has 0 aromatic heterocycles. The smallest absolute Gasteiger partial charge is 0.252 e. The molecule has 1 amide bonds. The van der Waals surface area contributed by atoms with Gasteiger partial charge in [0.05, 0.1) is 5.69 Å². The molecule has 2 fully saturated rings. The van der Waals surface area contributed by atoms with Crippen molar-refractivity contribution in [3.8, 4) is 0 Å². The van der Waals surface area contributed by atoms with Crippen LogP contribution in [0.15, 0.2) is 18.2 Å². The van der Waals surface area contributed by atoms with Gasteiger partial charge in [-0.2, -0.15) is 0 Å². The molecule has 0 saturated carbocycles. The maximum Gasteiger partial charge on any atom is 0.252 e. The Morgan fingerprint density at radius 3 is 2.48 bits per heavy atom. The van der Waals surface area contributed by atoms with Gasteiger partial charge in [-0.1, -0.05) is 12.2 Å². The molecule has 0 aliphatic carbocycles. The van der Waals surface area contributed by atoms with Gasteiger partial charge in [0.25, 0.3) is 5.91 Å². The lowest BCUT2D eigenvalue weighted by Crippen LogP contribution is -2.50. The van der Waals surface area contributed by atoms with Gasteiger partial charge in [-0.15, -0.1) is 0 Å². The van der Waals surface area contributed by atoms with Crippen molar-refractivity contribution in [1.29, 1.82) is 0 Å². The summed E-state index contributed by atoms with van der Waals surface area (Å²) in [6, 6.07) is 4.81. The van der Waals surface area contributed by atoms with E-state index in [1.54, 1.807) is 6.07 Å². The Morgan fingerprint density at radius 2 is 1.86 bits per heavy atom. The molecule has 2 saturated heterocycles. The SMILES string of the molecule is O=C(NCC1CCN(c2ccc(F)cc2I)CC1)[C@H](O)[C@@H](O)C(=S)N1CCCC1. The number of nitrogens with zero attached hydrogens (tertiary/aromatic N) is 2. The number of amides is 1. The van der Waals surface area contributed by atoms with E-state index in [0.717, 1.165) is 61.1 Å². The summed E-state index contributed by atoms with van der Waals surface area (Å²) in [5, 5.41) is 23.2. The van der Waals surface area contributed by atoms with Crippen LogP contribution >= 0.6 is 34.8 Å². The molecule has 2 aliphatic heterocycles. The van der Waals surface area contributed by atoms with Crippen LogP contribution in [0.25, 0.3) is 0 Å². The van der Waals surface area contributed by atoms with E-state index in [-0.39, 0.29) is 10.8 Å². The lowest BCUT2D eigenvalue weighted by atomic mass is 9.96. The standard InChI is InChI=1S/C20H27FIN3O3S/c21-14-3-4-16(15(22)11-14)24-9-5-13(6-10-24)12-23-19(28)17(26)18(27)20(29)25-7-1-2-8-25/h3-4,11,13,17-18,26-27H,1-2,5-10,12H2,(H,23,28)/t17-,18-/m1/s1. The summed E-state index contributed by atoms with van der Waals surface area (Å²) < 4.78 is 14.2. The first-order valence-electron chi connectivity index (χ1n) is 9.99. The molecule has 2 aliphatic rings. The lowest BCUT2D eigenvalue weighted by molar-refractivity contribution is -0.133. The predicted molar refractivity (Wildman–Crippen MR) is 122 cm³/mol. The summed E-state index contributed by atoms with van der Waals surface area (Å²) in [5.74, 6) is -0.529. The first kappa shape index (κ1) is 22.6. The third-order valence-electron chi connectivity index (χ3n) is 5.67. The van der Waals surface area contributed by atoms with Crippen molar-refractivity contribution in [1.82, 2.24) is 10.2 Å². The molecule has 3 rings (SSSR count). The number of nitrogens with one attached hydrogen (secondary N) is 1. The molecule has 2 heterocycles. The van der Waals surface area contributed by atoms with Crippen molar-refractivity contribution in [3.05, 3.63) is 27.6 Å². The van der Waals surface area contributed by atoms with Crippen LogP contribution in [0.5, 0.6) is 0 Å². The molecule has 6 nitrogen and oxygen atoms in total. The topological polar surface area (TPSA) is 76.0 Å². The number of benzene rings is 1. The van der Waals surface area contributed by atoms with Gasteiger partial charge in [-0.25, -0.2) is 4.39 Å². The van der Waals surface area contributed by atoms with Crippen LogP contribution in [0.3, 0.4) is 0 Å². The third-order valence-corrected chi connectivity index (χ3v) is 7.03. The van der Waals surface area contributed by atoms with Gasteiger partial charge < -0.3 is 25.3 Å². The molecular formula is C20H27FIN3O3S. The van der Waals surface area contributed by atoms with E-state index in [1.807, 2.05) is 4.90 Å².